The Balaban J connectivity index is 1.89. The van der Waals surface area contributed by atoms with E-state index in [2.05, 4.69) is 15.1 Å². The highest BCUT2D eigenvalue weighted by atomic mass is 19.2. The van der Waals surface area contributed by atoms with Crippen molar-refractivity contribution >= 4 is 29.2 Å². The molecule has 1 aliphatic rings. The Kier molecular flexibility index (Phi) is 3.38. The first-order valence-electron chi connectivity index (χ1n) is 7.07. The van der Waals surface area contributed by atoms with Gasteiger partial charge in [0, 0.05) is 12.4 Å². The topological polar surface area (TPSA) is 98.4 Å². The summed E-state index contributed by atoms with van der Waals surface area (Å²) in [6.07, 6.45) is 2.37. The van der Waals surface area contributed by atoms with Crippen LogP contribution >= 0.6 is 0 Å². The maximum Gasteiger partial charge on any atom is 0.416 e. The van der Waals surface area contributed by atoms with Crippen molar-refractivity contribution in [2.24, 2.45) is 0 Å². The number of carbonyl (C=O) groups is 2. The molecule has 0 N–H and O–H groups in total. The molecule has 2 aromatic heterocycles. The molecule has 10 heteroatoms. The molecule has 1 saturated heterocycles. The van der Waals surface area contributed by atoms with Gasteiger partial charge < -0.3 is 9.26 Å². The van der Waals surface area contributed by atoms with E-state index in [4.69, 9.17) is 9.26 Å². The summed E-state index contributed by atoms with van der Waals surface area (Å²) < 4.78 is 37.6. The first-order valence-corrected chi connectivity index (χ1v) is 7.07. The van der Waals surface area contributed by atoms with Gasteiger partial charge in [0.1, 0.15) is 12.6 Å². The maximum atomic E-state index is 14.0. The third-order valence-electron chi connectivity index (χ3n) is 3.77. The summed E-state index contributed by atoms with van der Waals surface area (Å²) >= 11 is 0. The zero-order valence-electron chi connectivity index (χ0n) is 12.3. The van der Waals surface area contributed by atoms with E-state index in [1.54, 1.807) is 6.07 Å². The minimum absolute atomic E-state index is 0.0409. The van der Waals surface area contributed by atoms with E-state index < -0.39 is 34.9 Å². The zero-order chi connectivity index (χ0) is 17.6. The van der Waals surface area contributed by atoms with Crippen LogP contribution in [0.15, 0.2) is 29.0 Å². The number of anilines is 1. The number of rotatable bonds is 3. The Morgan fingerprint density at radius 3 is 2.72 bits per heavy atom. The van der Waals surface area contributed by atoms with Gasteiger partial charge in [-0.2, -0.15) is 4.39 Å². The predicted molar refractivity (Wildman–Crippen MR) is 77.9 cm³/mol. The summed E-state index contributed by atoms with van der Waals surface area (Å²) in [5, 5.41) is 3.61. The fourth-order valence-corrected chi connectivity index (χ4v) is 2.61. The number of ether oxygens (including phenoxy) is 1. The lowest BCUT2D eigenvalue weighted by Crippen LogP contribution is -2.28. The van der Waals surface area contributed by atoms with Crippen molar-refractivity contribution in [1.82, 2.24) is 15.1 Å². The van der Waals surface area contributed by atoms with E-state index in [1.807, 2.05) is 0 Å². The highest BCUT2D eigenvalue weighted by Gasteiger charge is 2.40. The second kappa shape index (κ2) is 5.58. The van der Waals surface area contributed by atoms with Crippen LogP contribution in [0.2, 0.25) is 0 Å². The molecule has 3 aromatic rings. The lowest BCUT2D eigenvalue weighted by atomic mass is 10.1. The lowest BCUT2D eigenvalue weighted by Gasteiger charge is -2.17. The number of benzene rings is 1. The lowest BCUT2D eigenvalue weighted by molar-refractivity contribution is 0.111. The first kappa shape index (κ1) is 15.1. The number of cyclic esters (lactones) is 1. The number of fused-ring (bicyclic) bond motifs is 1. The summed E-state index contributed by atoms with van der Waals surface area (Å²) in [6.45, 7) is -0.0542. The number of halogens is 2. The summed E-state index contributed by atoms with van der Waals surface area (Å²) in [5.74, 6) is -2.55. The maximum absolute atomic E-state index is 14.0. The molecule has 0 saturated carbocycles. The number of aromatic nitrogens is 3. The zero-order valence-corrected chi connectivity index (χ0v) is 12.3. The molecule has 4 rings (SSSR count). The molecule has 0 bridgehead atoms. The van der Waals surface area contributed by atoms with Gasteiger partial charge in [0.25, 0.3) is 0 Å². The molecule has 25 heavy (non-hydrogen) atoms. The van der Waals surface area contributed by atoms with Crippen LogP contribution in [-0.4, -0.2) is 34.1 Å². The second-order valence-corrected chi connectivity index (χ2v) is 5.16. The highest BCUT2D eigenvalue weighted by molar-refractivity contribution is 6.01. The van der Waals surface area contributed by atoms with E-state index in [1.165, 1.54) is 12.4 Å². The van der Waals surface area contributed by atoms with Gasteiger partial charge in [0.2, 0.25) is 11.4 Å². The van der Waals surface area contributed by atoms with Gasteiger partial charge in [-0.15, -0.1) is 0 Å². The number of amides is 1. The average Bonchev–Trinajstić information content (AvgIpc) is 3.22. The van der Waals surface area contributed by atoms with E-state index in [9.17, 15) is 18.4 Å². The summed E-state index contributed by atoms with van der Waals surface area (Å²) in [5.41, 5.74) is -1.03. The molecular weight excluding hydrogens is 338 g/mol. The summed E-state index contributed by atoms with van der Waals surface area (Å²) in [4.78, 5) is 32.3. The molecule has 126 valence electrons. The summed E-state index contributed by atoms with van der Waals surface area (Å²) in [6, 6.07) is 1.93. The van der Waals surface area contributed by atoms with Crippen LogP contribution in [0.4, 0.5) is 19.4 Å². The fraction of sp³-hybridized carbons (Fsp3) is 0.133. The Morgan fingerprint density at radius 2 is 2.00 bits per heavy atom. The number of carbonyl (C=O) groups excluding carboxylic acids is 2. The highest BCUT2D eigenvalue weighted by Crippen LogP contribution is 2.37. The van der Waals surface area contributed by atoms with Crippen molar-refractivity contribution in [3.05, 3.63) is 47.5 Å². The van der Waals surface area contributed by atoms with Crippen LogP contribution in [0, 0.1) is 11.6 Å². The van der Waals surface area contributed by atoms with Gasteiger partial charge in [0.15, 0.2) is 23.7 Å². The molecule has 8 nitrogen and oxygen atoms in total. The molecule has 0 aliphatic carbocycles. The van der Waals surface area contributed by atoms with Gasteiger partial charge in [0.05, 0.1) is 10.9 Å². The largest absolute Gasteiger partial charge is 0.446 e. The van der Waals surface area contributed by atoms with Crippen molar-refractivity contribution < 1.29 is 27.6 Å². The van der Waals surface area contributed by atoms with Crippen LogP contribution in [0.3, 0.4) is 0 Å². The van der Waals surface area contributed by atoms with Gasteiger partial charge >= 0.3 is 6.09 Å². The quantitative estimate of drug-likeness (QED) is 0.672. The van der Waals surface area contributed by atoms with E-state index in [0.29, 0.717) is 0 Å². The predicted octanol–water partition coefficient (Wildman–Crippen LogP) is 2.41. The van der Waals surface area contributed by atoms with Crippen molar-refractivity contribution in [3.63, 3.8) is 0 Å². The average molecular weight is 346 g/mol. The monoisotopic (exact) mass is 346 g/mol. The third-order valence-corrected chi connectivity index (χ3v) is 3.77. The Morgan fingerprint density at radius 1 is 1.24 bits per heavy atom. The van der Waals surface area contributed by atoms with Crippen molar-refractivity contribution in [2.45, 2.75) is 6.04 Å². The van der Waals surface area contributed by atoms with Gasteiger partial charge in [-0.05, 0) is 12.1 Å². The summed E-state index contributed by atoms with van der Waals surface area (Å²) in [7, 11) is 0. The Bertz CT molecular complexity index is 992. The van der Waals surface area contributed by atoms with Crippen molar-refractivity contribution in [2.75, 3.05) is 11.5 Å². The Labute approximate surface area is 138 Å². The molecule has 1 unspecified atom stereocenters. The van der Waals surface area contributed by atoms with Crippen LogP contribution in [0.5, 0.6) is 0 Å². The normalized spacial score (nSPS) is 17.1. The van der Waals surface area contributed by atoms with Gasteiger partial charge in [-0.1, -0.05) is 5.16 Å². The molecule has 1 fully saturated rings. The smallest absolute Gasteiger partial charge is 0.416 e. The Hall–Kier alpha value is -3.43. The minimum atomic E-state index is -1.36. The molecule has 3 heterocycles. The van der Waals surface area contributed by atoms with Gasteiger partial charge in [-0.3, -0.25) is 4.79 Å². The first-order chi connectivity index (χ1) is 12.1. The molecule has 1 atom stereocenters. The molecule has 1 aromatic carbocycles. The second-order valence-electron chi connectivity index (χ2n) is 5.16. The SMILES string of the molecule is O=Cc1cc2c(N3C(=O)OCC3c3ncccn3)noc2c(F)c1F. The van der Waals surface area contributed by atoms with Gasteiger partial charge in [-0.25, -0.2) is 24.1 Å². The minimum Gasteiger partial charge on any atom is -0.446 e. The van der Waals surface area contributed by atoms with Crippen molar-refractivity contribution in [3.8, 4) is 0 Å². The standard InChI is InChI=1S/C15H8F2N4O4/c16-10-7(5-22)4-8-12(11(10)17)25-20-14(8)21-9(6-24-15(21)23)13-18-2-1-3-19-13/h1-5,9H,6H2. The van der Waals surface area contributed by atoms with E-state index in [-0.39, 0.29) is 29.9 Å². The van der Waals surface area contributed by atoms with Crippen LogP contribution in [0.25, 0.3) is 11.0 Å². The molecule has 0 radical (unpaired) electrons. The van der Waals surface area contributed by atoms with Crippen LogP contribution < -0.4 is 4.90 Å². The fourth-order valence-electron chi connectivity index (χ4n) is 2.61. The van der Waals surface area contributed by atoms with Crippen molar-refractivity contribution in [1.29, 1.82) is 0 Å². The number of nitrogens with zero attached hydrogens (tertiary/aromatic N) is 4. The number of aldehydes is 1. The molecule has 0 spiro atoms. The number of hydrogen-bond acceptors (Lipinski definition) is 7. The van der Waals surface area contributed by atoms with E-state index >= 15 is 0 Å². The molecule has 1 aliphatic heterocycles. The van der Waals surface area contributed by atoms with E-state index in [0.717, 1.165) is 11.0 Å². The number of hydrogen-bond donors (Lipinski definition) is 0. The van der Waals surface area contributed by atoms with Crippen LogP contribution in [-0.2, 0) is 4.74 Å². The molecular formula is C15H8F2N4O4. The molecule has 1 amide bonds. The third kappa shape index (κ3) is 2.22. The van der Waals surface area contributed by atoms with Crippen LogP contribution in [0.1, 0.15) is 22.2 Å².